The highest BCUT2D eigenvalue weighted by atomic mass is 16.5. The molecule has 92 valence electrons. The minimum absolute atomic E-state index is 0.106. The Hall–Kier alpha value is -2.32. The highest BCUT2D eigenvalue weighted by Crippen LogP contribution is 2.19. The number of aromatic nitrogens is 1. The van der Waals surface area contributed by atoms with Gasteiger partial charge in [0.1, 0.15) is 23.7 Å². The quantitative estimate of drug-likeness (QED) is 0.872. The van der Waals surface area contributed by atoms with Crippen molar-refractivity contribution in [3.05, 3.63) is 48.0 Å². The molecular formula is C13H13N3O2. The number of nitrogens with one attached hydrogen (secondary N) is 1. The molecule has 0 radical (unpaired) electrons. The van der Waals surface area contributed by atoms with E-state index in [1.165, 1.54) is 6.20 Å². The van der Waals surface area contributed by atoms with Crippen LogP contribution < -0.4 is 5.32 Å². The Morgan fingerprint density at radius 2 is 2.39 bits per heavy atom. The number of nitriles is 1. The second kappa shape index (κ2) is 5.84. The highest BCUT2D eigenvalue weighted by Gasteiger charge is 2.14. The molecule has 0 aliphatic heterocycles. The summed E-state index contributed by atoms with van der Waals surface area (Å²) < 4.78 is 10.5. The first-order chi connectivity index (χ1) is 8.83. The summed E-state index contributed by atoms with van der Waals surface area (Å²) in [5.41, 5.74) is 0.529. The normalized spacial score (nSPS) is 11.8. The number of rotatable bonds is 5. The third kappa shape index (κ3) is 2.87. The Morgan fingerprint density at radius 1 is 1.50 bits per heavy atom. The van der Waals surface area contributed by atoms with Crippen LogP contribution in [0.2, 0.25) is 0 Å². The SMILES string of the molecule is COCC(Nc1ccc(C#N)cn1)c1ccco1. The molecule has 0 spiro atoms. The fraction of sp³-hybridized carbons (Fsp3) is 0.231. The molecule has 0 fully saturated rings. The molecule has 2 aromatic heterocycles. The van der Waals surface area contributed by atoms with Crippen LogP contribution in [0.25, 0.3) is 0 Å². The summed E-state index contributed by atoms with van der Waals surface area (Å²) in [5.74, 6) is 1.45. The van der Waals surface area contributed by atoms with Gasteiger partial charge in [-0.2, -0.15) is 5.26 Å². The van der Waals surface area contributed by atoms with Crippen molar-refractivity contribution in [2.45, 2.75) is 6.04 Å². The van der Waals surface area contributed by atoms with Crippen molar-refractivity contribution >= 4 is 5.82 Å². The van der Waals surface area contributed by atoms with Crippen molar-refractivity contribution in [2.24, 2.45) is 0 Å². The molecule has 2 aromatic rings. The number of methoxy groups -OCH3 is 1. The van der Waals surface area contributed by atoms with E-state index >= 15 is 0 Å². The Kier molecular flexibility index (Phi) is 3.94. The van der Waals surface area contributed by atoms with Gasteiger partial charge < -0.3 is 14.5 Å². The van der Waals surface area contributed by atoms with Gasteiger partial charge in [0, 0.05) is 13.3 Å². The van der Waals surface area contributed by atoms with Crippen molar-refractivity contribution in [3.8, 4) is 6.07 Å². The molecule has 1 unspecified atom stereocenters. The third-order valence-electron chi connectivity index (χ3n) is 2.43. The number of pyridine rings is 1. The van der Waals surface area contributed by atoms with Crippen LogP contribution in [0.5, 0.6) is 0 Å². The fourth-order valence-electron chi connectivity index (χ4n) is 1.58. The number of nitrogens with zero attached hydrogens (tertiary/aromatic N) is 2. The van der Waals surface area contributed by atoms with Gasteiger partial charge in [-0.15, -0.1) is 0 Å². The summed E-state index contributed by atoms with van der Waals surface area (Å²) in [6.45, 7) is 0.467. The second-order valence-corrected chi connectivity index (χ2v) is 3.71. The van der Waals surface area contributed by atoms with E-state index in [0.29, 0.717) is 18.0 Å². The monoisotopic (exact) mass is 243 g/mol. The van der Waals surface area contributed by atoms with E-state index in [2.05, 4.69) is 10.3 Å². The molecule has 5 heteroatoms. The fourth-order valence-corrected chi connectivity index (χ4v) is 1.58. The van der Waals surface area contributed by atoms with Crippen LogP contribution in [-0.2, 0) is 4.74 Å². The molecule has 1 atom stereocenters. The van der Waals surface area contributed by atoms with E-state index in [9.17, 15) is 0 Å². The van der Waals surface area contributed by atoms with Crippen LogP contribution in [0.3, 0.4) is 0 Å². The van der Waals surface area contributed by atoms with Crippen LogP contribution >= 0.6 is 0 Å². The zero-order valence-electron chi connectivity index (χ0n) is 9.96. The number of hydrogen-bond donors (Lipinski definition) is 1. The molecule has 1 N–H and O–H groups in total. The van der Waals surface area contributed by atoms with Crippen LogP contribution in [-0.4, -0.2) is 18.7 Å². The number of ether oxygens (including phenoxy) is 1. The van der Waals surface area contributed by atoms with Crippen LogP contribution in [0.1, 0.15) is 17.4 Å². The van der Waals surface area contributed by atoms with Gasteiger partial charge in [-0.25, -0.2) is 4.98 Å². The van der Waals surface area contributed by atoms with E-state index in [1.807, 2.05) is 18.2 Å². The maximum Gasteiger partial charge on any atom is 0.128 e. The number of furan rings is 1. The van der Waals surface area contributed by atoms with E-state index in [-0.39, 0.29) is 6.04 Å². The van der Waals surface area contributed by atoms with Crippen molar-refractivity contribution in [1.29, 1.82) is 5.26 Å². The van der Waals surface area contributed by atoms with Crippen molar-refractivity contribution < 1.29 is 9.15 Å². The maximum atomic E-state index is 8.70. The Labute approximate surface area is 105 Å². The molecule has 0 amide bonds. The van der Waals surface area contributed by atoms with Gasteiger partial charge in [0.15, 0.2) is 0 Å². The minimum Gasteiger partial charge on any atom is -0.467 e. The van der Waals surface area contributed by atoms with E-state index in [4.69, 9.17) is 14.4 Å². The largest absolute Gasteiger partial charge is 0.467 e. The van der Waals surface area contributed by atoms with E-state index in [0.717, 1.165) is 5.76 Å². The summed E-state index contributed by atoms with van der Waals surface area (Å²) in [6, 6.07) is 9.09. The lowest BCUT2D eigenvalue weighted by Gasteiger charge is -2.16. The Morgan fingerprint density at radius 3 is 2.94 bits per heavy atom. The van der Waals surface area contributed by atoms with E-state index in [1.54, 1.807) is 25.5 Å². The first kappa shape index (κ1) is 12.1. The van der Waals surface area contributed by atoms with Gasteiger partial charge >= 0.3 is 0 Å². The van der Waals surface area contributed by atoms with Crippen LogP contribution in [0.15, 0.2) is 41.1 Å². The van der Waals surface area contributed by atoms with Gasteiger partial charge in [0.25, 0.3) is 0 Å². The summed E-state index contributed by atoms with van der Waals surface area (Å²) in [4.78, 5) is 4.15. The molecule has 2 rings (SSSR count). The van der Waals surface area contributed by atoms with Crippen LogP contribution in [0, 0.1) is 11.3 Å². The first-order valence-corrected chi connectivity index (χ1v) is 5.48. The minimum atomic E-state index is -0.106. The molecule has 0 aliphatic carbocycles. The van der Waals surface area contributed by atoms with Gasteiger partial charge in [0.05, 0.1) is 18.4 Å². The average molecular weight is 243 g/mol. The molecule has 0 aromatic carbocycles. The second-order valence-electron chi connectivity index (χ2n) is 3.71. The topological polar surface area (TPSA) is 71.1 Å². The lowest BCUT2D eigenvalue weighted by molar-refractivity contribution is 0.178. The first-order valence-electron chi connectivity index (χ1n) is 5.48. The van der Waals surface area contributed by atoms with E-state index < -0.39 is 0 Å². The number of anilines is 1. The zero-order valence-corrected chi connectivity index (χ0v) is 9.96. The highest BCUT2D eigenvalue weighted by molar-refractivity contribution is 5.40. The molecule has 2 heterocycles. The summed E-state index contributed by atoms with van der Waals surface area (Å²) in [6.07, 6.45) is 3.14. The predicted molar refractivity (Wildman–Crippen MR) is 65.9 cm³/mol. The van der Waals surface area contributed by atoms with Gasteiger partial charge in [0.2, 0.25) is 0 Å². The zero-order chi connectivity index (χ0) is 12.8. The average Bonchev–Trinajstić information content (AvgIpc) is 2.93. The van der Waals surface area contributed by atoms with Crippen molar-refractivity contribution in [2.75, 3.05) is 19.0 Å². The van der Waals surface area contributed by atoms with Gasteiger partial charge in [-0.3, -0.25) is 0 Å². The lowest BCUT2D eigenvalue weighted by atomic mass is 10.2. The van der Waals surface area contributed by atoms with Crippen molar-refractivity contribution in [3.63, 3.8) is 0 Å². The molecule has 5 nitrogen and oxygen atoms in total. The molecular weight excluding hydrogens is 230 g/mol. The summed E-state index contributed by atoms with van der Waals surface area (Å²) >= 11 is 0. The maximum absolute atomic E-state index is 8.70. The van der Waals surface area contributed by atoms with Gasteiger partial charge in [-0.05, 0) is 24.3 Å². The third-order valence-corrected chi connectivity index (χ3v) is 2.43. The molecule has 0 bridgehead atoms. The van der Waals surface area contributed by atoms with Gasteiger partial charge in [-0.1, -0.05) is 0 Å². The molecule has 0 saturated heterocycles. The smallest absolute Gasteiger partial charge is 0.128 e. The summed E-state index contributed by atoms with van der Waals surface area (Å²) in [7, 11) is 1.63. The lowest BCUT2D eigenvalue weighted by Crippen LogP contribution is -2.16. The predicted octanol–water partition coefficient (Wildman–Crippen LogP) is 2.35. The molecule has 0 aliphatic rings. The number of hydrogen-bond acceptors (Lipinski definition) is 5. The molecule has 0 saturated carbocycles. The van der Waals surface area contributed by atoms with Crippen molar-refractivity contribution in [1.82, 2.24) is 4.98 Å². The Balaban J connectivity index is 2.11. The summed E-state index contributed by atoms with van der Waals surface area (Å²) in [5, 5.41) is 11.9. The van der Waals surface area contributed by atoms with Crippen LogP contribution in [0.4, 0.5) is 5.82 Å². The standard InChI is InChI=1S/C13H13N3O2/c1-17-9-11(12-3-2-6-18-12)16-13-5-4-10(7-14)8-15-13/h2-6,8,11H,9H2,1H3,(H,15,16). The Bertz CT molecular complexity index is 514. The molecule has 18 heavy (non-hydrogen) atoms.